The Kier molecular flexibility index (Phi) is 7.93. The molecule has 4 aromatic rings. The van der Waals surface area contributed by atoms with Crippen molar-refractivity contribution in [3.8, 4) is 16.9 Å². The van der Waals surface area contributed by atoms with Gasteiger partial charge < -0.3 is 5.32 Å². The van der Waals surface area contributed by atoms with Crippen LogP contribution in [0.2, 0.25) is 5.02 Å². The van der Waals surface area contributed by atoms with Crippen molar-refractivity contribution in [1.82, 2.24) is 15.1 Å². The Bertz CT molecular complexity index is 1430. The number of benzene rings is 2. The summed E-state index contributed by atoms with van der Waals surface area (Å²) in [5.41, 5.74) is 4.53. The average molecular weight is 565 g/mol. The molecule has 0 fully saturated rings. The molecular formula is C29H29ClN4O2S2. The predicted molar refractivity (Wildman–Crippen MR) is 158 cm³/mol. The number of halogens is 1. The lowest BCUT2D eigenvalue weighted by atomic mass is 10.0. The van der Waals surface area contributed by atoms with E-state index >= 15 is 0 Å². The van der Waals surface area contributed by atoms with Gasteiger partial charge >= 0.3 is 0 Å². The standard InChI is InChI=1S/C29H29ClN4O2S2/c1-18(2)15-31-24(35)16-33-25(36)17-38-28(23-5-4-14-37-23)26-27(20-8-10-21(30)11-9-20)32-34(29(26)33)22-12-6-19(3)7-13-22/h4-14,18,28H,15-17H2,1-3H3,(H,31,35)/t28-/m0/s1. The SMILES string of the molecule is Cc1ccc(-n2nc(-c3ccc(Cl)cc3)c3c2N(CC(=O)NCC(C)C)C(=O)CS[C@H]3c2cccs2)cc1. The van der Waals surface area contributed by atoms with E-state index in [9.17, 15) is 9.59 Å². The minimum Gasteiger partial charge on any atom is -0.354 e. The number of nitrogens with zero attached hydrogens (tertiary/aromatic N) is 3. The van der Waals surface area contributed by atoms with Gasteiger partial charge in [0.15, 0.2) is 0 Å². The zero-order chi connectivity index (χ0) is 26.8. The molecule has 0 unspecified atom stereocenters. The quantitative estimate of drug-likeness (QED) is 0.278. The van der Waals surface area contributed by atoms with E-state index in [1.54, 1.807) is 28.0 Å². The van der Waals surface area contributed by atoms with Crippen LogP contribution in [0.5, 0.6) is 0 Å². The van der Waals surface area contributed by atoms with Crippen LogP contribution < -0.4 is 10.2 Å². The van der Waals surface area contributed by atoms with Crippen molar-refractivity contribution in [3.63, 3.8) is 0 Å². The monoisotopic (exact) mass is 564 g/mol. The molecule has 3 heterocycles. The number of nitrogens with one attached hydrogen (secondary N) is 1. The molecule has 9 heteroatoms. The number of carbonyl (C=O) groups excluding carboxylic acids is 2. The molecule has 2 aromatic heterocycles. The molecule has 0 spiro atoms. The van der Waals surface area contributed by atoms with Crippen LogP contribution in [0.4, 0.5) is 5.82 Å². The van der Waals surface area contributed by atoms with Gasteiger partial charge in [-0.1, -0.05) is 61.3 Å². The first-order valence-electron chi connectivity index (χ1n) is 12.5. The van der Waals surface area contributed by atoms with Crippen molar-refractivity contribution in [3.05, 3.63) is 87.1 Å². The molecule has 1 aliphatic heterocycles. The largest absolute Gasteiger partial charge is 0.354 e. The molecule has 0 saturated carbocycles. The molecule has 6 nitrogen and oxygen atoms in total. The summed E-state index contributed by atoms with van der Waals surface area (Å²) in [7, 11) is 0. The molecular weight excluding hydrogens is 536 g/mol. The van der Waals surface area contributed by atoms with Gasteiger partial charge in [-0.15, -0.1) is 23.1 Å². The highest BCUT2D eigenvalue weighted by molar-refractivity contribution is 8.00. The lowest BCUT2D eigenvalue weighted by Gasteiger charge is -2.23. The van der Waals surface area contributed by atoms with Gasteiger partial charge in [0, 0.05) is 27.6 Å². The molecule has 5 rings (SSSR count). The van der Waals surface area contributed by atoms with Gasteiger partial charge in [-0.3, -0.25) is 14.5 Å². The van der Waals surface area contributed by atoms with Crippen molar-refractivity contribution < 1.29 is 9.59 Å². The Morgan fingerprint density at radius 2 is 1.87 bits per heavy atom. The van der Waals surface area contributed by atoms with E-state index in [1.165, 1.54) is 0 Å². The van der Waals surface area contributed by atoms with Crippen molar-refractivity contribution in [2.24, 2.45) is 5.92 Å². The molecule has 1 atom stereocenters. The number of anilines is 1. The number of hydrogen-bond donors (Lipinski definition) is 1. The second-order valence-electron chi connectivity index (χ2n) is 9.72. The lowest BCUT2D eigenvalue weighted by molar-refractivity contribution is -0.123. The van der Waals surface area contributed by atoms with Gasteiger partial charge in [0.2, 0.25) is 11.8 Å². The fourth-order valence-corrected chi connectivity index (χ4v) is 6.69. The highest BCUT2D eigenvalue weighted by Gasteiger charge is 2.38. The van der Waals surface area contributed by atoms with E-state index in [2.05, 4.69) is 11.4 Å². The minimum atomic E-state index is -0.192. The van der Waals surface area contributed by atoms with E-state index in [-0.39, 0.29) is 29.4 Å². The maximum Gasteiger partial charge on any atom is 0.240 e. The molecule has 0 aliphatic carbocycles. The van der Waals surface area contributed by atoms with Gasteiger partial charge in [0.25, 0.3) is 0 Å². The molecule has 1 N–H and O–H groups in total. The predicted octanol–water partition coefficient (Wildman–Crippen LogP) is 6.50. The Labute approximate surface area is 236 Å². The highest BCUT2D eigenvalue weighted by atomic mass is 35.5. The number of fused-ring (bicyclic) bond motifs is 1. The van der Waals surface area contributed by atoms with Crippen LogP contribution in [0, 0.1) is 12.8 Å². The Morgan fingerprint density at radius 1 is 1.13 bits per heavy atom. The zero-order valence-corrected chi connectivity index (χ0v) is 23.9. The van der Waals surface area contributed by atoms with Crippen molar-refractivity contribution in [2.75, 3.05) is 23.7 Å². The third kappa shape index (κ3) is 5.53. The molecule has 2 aromatic carbocycles. The zero-order valence-electron chi connectivity index (χ0n) is 21.5. The molecule has 0 radical (unpaired) electrons. The van der Waals surface area contributed by atoms with E-state index in [4.69, 9.17) is 16.7 Å². The fourth-order valence-electron chi connectivity index (χ4n) is 4.39. The van der Waals surface area contributed by atoms with Crippen LogP contribution in [0.25, 0.3) is 16.9 Å². The summed E-state index contributed by atoms with van der Waals surface area (Å²) in [4.78, 5) is 29.5. The van der Waals surface area contributed by atoms with Gasteiger partial charge in [0.05, 0.1) is 22.4 Å². The van der Waals surface area contributed by atoms with Gasteiger partial charge in [-0.2, -0.15) is 5.10 Å². The van der Waals surface area contributed by atoms with Crippen LogP contribution in [0.15, 0.2) is 66.0 Å². The molecule has 2 amide bonds. The third-order valence-electron chi connectivity index (χ3n) is 6.30. The molecule has 1 aliphatic rings. The number of thioether (sulfide) groups is 1. The van der Waals surface area contributed by atoms with E-state index < -0.39 is 0 Å². The van der Waals surface area contributed by atoms with Crippen molar-refractivity contribution >= 4 is 52.3 Å². The summed E-state index contributed by atoms with van der Waals surface area (Å²) in [6, 6.07) is 19.7. The fraction of sp³-hybridized carbons (Fsp3) is 0.276. The summed E-state index contributed by atoms with van der Waals surface area (Å²) < 4.78 is 1.82. The number of rotatable bonds is 7. The molecule has 0 bridgehead atoms. The maximum absolute atomic E-state index is 13.7. The second kappa shape index (κ2) is 11.4. The molecule has 196 valence electrons. The Morgan fingerprint density at radius 3 is 2.53 bits per heavy atom. The first kappa shape index (κ1) is 26.5. The normalized spacial score (nSPS) is 15.4. The average Bonchev–Trinajstić information content (AvgIpc) is 3.54. The number of hydrogen-bond acceptors (Lipinski definition) is 5. The minimum absolute atomic E-state index is 0.0755. The first-order valence-corrected chi connectivity index (χ1v) is 14.8. The molecule has 0 saturated heterocycles. The highest BCUT2D eigenvalue weighted by Crippen LogP contribution is 2.49. The van der Waals surface area contributed by atoms with E-state index in [0.29, 0.717) is 23.3 Å². The topological polar surface area (TPSA) is 67.2 Å². The Balaban J connectivity index is 1.74. The van der Waals surface area contributed by atoms with Gasteiger partial charge in [0.1, 0.15) is 12.4 Å². The van der Waals surface area contributed by atoms with Gasteiger partial charge in [-0.25, -0.2) is 4.68 Å². The summed E-state index contributed by atoms with van der Waals surface area (Å²) in [5, 5.41) is 10.6. The number of aromatic nitrogens is 2. The number of carbonyl (C=O) groups is 2. The maximum atomic E-state index is 13.7. The van der Waals surface area contributed by atoms with E-state index in [0.717, 1.165) is 32.9 Å². The lowest BCUT2D eigenvalue weighted by Crippen LogP contribution is -2.43. The number of thiophene rings is 1. The van der Waals surface area contributed by atoms with Crippen LogP contribution in [-0.4, -0.2) is 40.4 Å². The summed E-state index contributed by atoms with van der Waals surface area (Å²) >= 11 is 9.45. The Hall–Kier alpha value is -3.07. The summed E-state index contributed by atoms with van der Waals surface area (Å²) in [5.74, 6) is 0.880. The van der Waals surface area contributed by atoms with Crippen LogP contribution in [0.1, 0.15) is 35.1 Å². The summed E-state index contributed by atoms with van der Waals surface area (Å²) in [6.45, 7) is 6.59. The van der Waals surface area contributed by atoms with E-state index in [1.807, 2.05) is 85.4 Å². The van der Waals surface area contributed by atoms with Gasteiger partial charge in [-0.05, 0) is 48.6 Å². The second-order valence-corrected chi connectivity index (χ2v) is 12.2. The van der Waals surface area contributed by atoms with Crippen LogP contribution in [-0.2, 0) is 9.59 Å². The number of amides is 2. The van der Waals surface area contributed by atoms with Crippen molar-refractivity contribution in [1.29, 1.82) is 0 Å². The third-order valence-corrected chi connectivity index (χ3v) is 8.87. The molecule has 38 heavy (non-hydrogen) atoms. The van der Waals surface area contributed by atoms with Crippen LogP contribution >= 0.6 is 34.7 Å². The number of aryl methyl sites for hydroxylation is 1. The smallest absolute Gasteiger partial charge is 0.240 e. The van der Waals surface area contributed by atoms with Crippen LogP contribution in [0.3, 0.4) is 0 Å². The first-order chi connectivity index (χ1) is 18.3. The van der Waals surface area contributed by atoms with Crippen molar-refractivity contribution in [2.45, 2.75) is 26.0 Å². The summed E-state index contributed by atoms with van der Waals surface area (Å²) in [6.07, 6.45) is 0.